The van der Waals surface area contributed by atoms with Crippen LogP contribution in [0.3, 0.4) is 0 Å². The summed E-state index contributed by atoms with van der Waals surface area (Å²) in [6.07, 6.45) is 0. The number of rotatable bonds is 4. The highest BCUT2D eigenvalue weighted by atomic mass is 35.5. The molecule has 2 rings (SSSR count). The van der Waals surface area contributed by atoms with Crippen LogP contribution in [0.5, 0.6) is 5.75 Å². The van der Waals surface area contributed by atoms with Gasteiger partial charge in [0.1, 0.15) is 18.3 Å². The molecular formula is C14H18ClNO2. The fraction of sp³-hybridized carbons (Fsp3) is 0.500. The van der Waals surface area contributed by atoms with Crippen molar-refractivity contribution >= 4 is 17.5 Å². The third-order valence-corrected chi connectivity index (χ3v) is 3.40. The van der Waals surface area contributed by atoms with Crippen LogP contribution < -0.4 is 4.74 Å². The van der Waals surface area contributed by atoms with Crippen LogP contribution in [-0.2, 0) is 4.79 Å². The number of ether oxygens (including phenoxy) is 1. The largest absolute Gasteiger partial charge is 0.492 e. The Hall–Kier alpha value is -1.22. The highest BCUT2D eigenvalue weighted by Gasteiger charge is 2.33. The molecule has 0 radical (unpaired) electrons. The molecule has 0 bridgehead atoms. The second-order valence-electron chi connectivity index (χ2n) is 4.72. The number of alkyl halides is 1. The predicted molar refractivity (Wildman–Crippen MR) is 72.2 cm³/mol. The van der Waals surface area contributed by atoms with Crippen LogP contribution in [0.4, 0.5) is 0 Å². The molecule has 98 valence electrons. The van der Waals surface area contributed by atoms with E-state index in [2.05, 4.69) is 0 Å². The standard InChI is InChI=1S/C14H18ClNO2/c1-10(2)16(8-7-15)14(17)12-9-18-13-6-4-3-5-11(12)13/h3-6,10,12H,7-9H2,1-2H3. The summed E-state index contributed by atoms with van der Waals surface area (Å²) in [6.45, 7) is 5.03. The van der Waals surface area contributed by atoms with Gasteiger partial charge in [-0.3, -0.25) is 4.79 Å². The summed E-state index contributed by atoms with van der Waals surface area (Å²) in [7, 11) is 0. The van der Waals surface area contributed by atoms with Crippen LogP contribution in [-0.4, -0.2) is 35.9 Å². The minimum absolute atomic E-state index is 0.107. The molecule has 1 amide bonds. The lowest BCUT2D eigenvalue weighted by atomic mass is 9.99. The van der Waals surface area contributed by atoms with E-state index in [1.165, 1.54) is 0 Å². The number of halogens is 1. The molecular weight excluding hydrogens is 250 g/mol. The maximum Gasteiger partial charge on any atom is 0.233 e. The lowest BCUT2D eigenvalue weighted by Gasteiger charge is -2.28. The first-order valence-electron chi connectivity index (χ1n) is 6.23. The number of nitrogens with zero attached hydrogens (tertiary/aromatic N) is 1. The fourth-order valence-electron chi connectivity index (χ4n) is 2.28. The van der Waals surface area contributed by atoms with E-state index in [0.29, 0.717) is 19.0 Å². The molecule has 1 aromatic rings. The van der Waals surface area contributed by atoms with Crippen molar-refractivity contribution in [2.45, 2.75) is 25.8 Å². The topological polar surface area (TPSA) is 29.5 Å². The zero-order valence-electron chi connectivity index (χ0n) is 10.7. The van der Waals surface area contributed by atoms with Crippen LogP contribution in [0.15, 0.2) is 24.3 Å². The number of benzene rings is 1. The van der Waals surface area contributed by atoms with Gasteiger partial charge in [-0.25, -0.2) is 0 Å². The first kappa shape index (κ1) is 13.2. The van der Waals surface area contributed by atoms with Crippen molar-refractivity contribution in [2.75, 3.05) is 19.0 Å². The van der Waals surface area contributed by atoms with E-state index >= 15 is 0 Å². The van der Waals surface area contributed by atoms with Gasteiger partial charge in [-0.05, 0) is 19.9 Å². The smallest absolute Gasteiger partial charge is 0.233 e. The maximum absolute atomic E-state index is 12.5. The summed E-state index contributed by atoms with van der Waals surface area (Å²) in [5.41, 5.74) is 0.989. The molecule has 1 heterocycles. The molecule has 1 atom stereocenters. The second kappa shape index (κ2) is 5.61. The summed E-state index contributed by atoms with van der Waals surface area (Å²) in [6, 6.07) is 7.89. The van der Waals surface area contributed by atoms with Gasteiger partial charge in [-0.1, -0.05) is 18.2 Å². The Kier molecular flexibility index (Phi) is 4.12. The first-order chi connectivity index (χ1) is 8.65. The van der Waals surface area contributed by atoms with Crippen molar-refractivity contribution in [1.82, 2.24) is 4.90 Å². The Morgan fingerprint density at radius 3 is 2.89 bits per heavy atom. The molecule has 0 aliphatic carbocycles. The maximum atomic E-state index is 12.5. The van der Waals surface area contributed by atoms with Gasteiger partial charge in [-0.2, -0.15) is 0 Å². The van der Waals surface area contributed by atoms with E-state index in [1.807, 2.05) is 43.0 Å². The molecule has 4 heteroatoms. The molecule has 0 fully saturated rings. The average Bonchev–Trinajstić information content (AvgIpc) is 2.78. The van der Waals surface area contributed by atoms with Crippen LogP contribution in [0.1, 0.15) is 25.3 Å². The van der Waals surface area contributed by atoms with Crippen LogP contribution in [0, 0.1) is 0 Å². The van der Waals surface area contributed by atoms with Crippen molar-refractivity contribution in [3.8, 4) is 5.75 Å². The highest BCUT2D eigenvalue weighted by Crippen LogP contribution is 2.34. The van der Waals surface area contributed by atoms with E-state index < -0.39 is 0 Å². The van der Waals surface area contributed by atoms with Crippen molar-refractivity contribution < 1.29 is 9.53 Å². The van der Waals surface area contributed by atoms with E-state index in [0.717, 1.165) is 11.3 Å². The number of hydrogen-bond acceptors (Lipinski definition) is 2. The quantitative estimate of drug-likeness (QED) is 0.785. The number of carbonyl (C=O) groups excluding carboxylic acids is 1. The van der Waals surface area contributed by atoms with Crippen LogP contribution >= 0.6 is 11.6 Å². The number of fused-ring (bicyclic) bond motifs is 1. The Bertz CT molecular complexity index is 434. The third-order valence-electron chi connectivity index (χ3n) is 3.23. The normalized spacial score (nSPS) is 17.4. The van der Waals surface area contributed by atoms with Gasteiger partial charge >= 0.3 is 0 Å². The van der Waals surface area contributed by atoms with Crippen molar-refractivity contribution in [3.63, 3.8) is 0 Å². The van der Waals surface area contributed by atoms with E-state index in [-0.39, 0.29) is 17.9 Å². The average molecular weight is 268 g/mol. The summed E-state index contributed by atoms with van der Waals surface area (Å²) in [4.78, 5) is 14.3. The van der Waals surface area contributed by atoms with E-state index in [4.69, 9.17) is 16.3 Å². The minimum Gasteiger partial charge on any atom is -0.492 e. The first-order valence-corrected chi connectivity index (χ1v) is 6.76. The number of para-hydroxylation sites is 1. The molecule has 1 aromatic carbocycles. The lowest BCUT2D eigenvalue weighted by Crippen LogP contribution is -2.41. The SMILES string of the molecule is CC(C)N(CCCl)C(=O)C1COc2ccccc21. The molecule has 18 heavy (non-hydrogen) atoms. The summed E-state index contributed by atoms with van der Waals surface area (Å²) >= 11 is 5.77. The predicted octanol–water partition coefficient (Wildman–Crippen LogP) is 2.64. The van der Waals surface area contributed by atoms with Gasteiger partial charge in [-0.15, -0.1) is 11.6 Å². The molecule has 3 nitrogen and oxygen atoms in total. The van der Waals surface area contributed by atoms with Crippen LogP contribution in [0.2, 0.25) is 0 Å². The molecule has 1 unspecified atom stereocenters. The Morgan fingerprint density at radius 2 is 2.22 bits per heavy atom. The van der Waals surface area contributed by atoms with Crippen LogP contribution in [0.25, 0.3) is 0 Å². The molecule has 0 N–H and O–H groups in total. The minimum atomic E-state index is -0.188. The van der Waals surface area contributed by atoms with Gasteiger partial charge in [0.05, 0.1) is 0 Å². The van der Waals surface area contributed by atoms with Gasteiger partial charge in [0.25, 0.3) is 0 Å². The summed E-state index contributed by atoms with van der Waals surface area (Å²) < 4.78 is 5.56. The van der Waals surface area contributed by atoms with Gasteiger partial charge < -0.3 is 9.64 Å². The Labute approximate surface area is 113 Å². The monoisotopic (exact) mass is 267 g/mol. The van der Waals surface area contributed by atoms with Gasteiger partial charge in [0.2, 0.25) is 5.91 Å². The number of amides is 1. The van der Waals surface area contributed by atoms with E-state index in [1.54, 1.807) is 0 Å². The summed E-state index contributed by atoms with van der Waals surface area (Å²) in [5.74, 6) is 1.20. The van der Waals surface area contributed by atoms with E-state index in [9.17, 15) is 4.79 Å². The lowest BCUT2D eigenvalue weighted by molar-refractivity contribution is -0.134. The van der Waals surface area contributed by atoms with Gasteiger partial charge in [0, 0.05) is 24.0 Å². The van der Waals surface area contributed by atoms with Crippen molar-refractivity contribution in [1.29, 1.82) is 0 Å². The molecule has 0 saturated carbocycles. The van der Waals surface area contributed by atoms with Crippen molar-refractivity contribution in [2.24, 2.45) is 0 Å². The fourth-order valence-corrected chi connectivity index (χ4v) is 2.46. The third kappa shape index (κ3) is 2.46. The molecule has 0 saturated heterocycles. The highest BCUT2D eigenvalue weighted by molar-refractivity contribution is 6.18. The molecule has 0 spiro atoms. The van der Waals surface area contributed by atoms with Crippen molar-refractivity contribution in [3.05, 3.63) is 29.8 Å². The Balaban J connectivity index is 2.20. The van der Waals surface area contributed by atoms with Gasteiger partial charge in [0.15, 0.2) is 0 Å². The number of carbonyl (C=O) groups is 1. The molecule has 1 aliphatic rings. The second-order valence-corrected chi connectivity index (χ2v) is 5.09. The zero-order valence-corrected chi connectivity index (χ0v) is 11.5. The zero-order chi connectivity index (χ0) is 13.1. The summed E-state index contributed by atoms with van der Waals surface area (Å²) in [5, 5.41) is 0. The Morgan fingerprint density at radius 1 is 1.50 bits per heavy atom. The molecule has 0 aromatic heterocycles. The molecule has 1 aliphatic heterocycles. The number of hydrogen-bond donors (Lipinski definition) is 0.